The maximum Gasteiger partial charge on any atom is 0.433 e. The number of alkyl halides is 3. The lowest BCUT2D eigenvalue weighted by Gasteiger charge is -2.09. The minimum Gasteiger partial charge on any atom is -0.458 e. The number of nitrogens with two attached hydrogens (primary N) is 1. The zero-order valence-electron chi connectivity index (χ0n) is 9.82. The van der Waals surface area contributed by atoms with Crippen LogP contribution in [-0.2, 0) is 0 Å². The Morgan fingerprint density at radius 1 is 1.16 bits per heavy atom. The molecule has 0 radical (unpaired) electrons. The Morgan fingerprint density at radius 2 is 1.84 bits per heavy atom. The molecule has 0 fully saturated rings. The third-order valence-electron chi connectivity index (χ3n) is 2.34. The van der Waals surface area contributed by atoms with Crippen LogP contribution in [0.3, 0.4) is 0 Å². The molecule has 0 bridgehead atoms. The first-order valence-electron chi connectivity index (χ1n) is 5.50. The van der Waals surface area contributed by atoms with Gasteiger partial charge in [-0.25, -0.2) is 0 Å². The van der Waals surface area contributed by atoms with Crippen LogP contribution in [0.15, 0.2) is 52.9 Å². The van der Waals surface area contributed by atoms with E-state index in [1.54, 1.807) is 24.3 Å². The number of allylic oxidation sites excluding steroid dienone is 3. The summed E-state index contributed by atoms with van der Waals surface area (Å²) in [7, 11) is 0. The Morgan fingerprint density at radius 3 is 2.47 bits per heavy atom. The van der Waals surface area contributed by atoms with Gasteiger partial charge >= 0.3 is 6.18 Å². The summed E-state index contributed by atoms with van der Waals surface area (Å²) >= 11 is 0. The molecular formula is C13H11F3N2O. The summed E-state index contributed by atoms with van der Waals surface area (Å²) in [5.41, 5.74) is 5.09. The van der Waals surface area contributed by atoms with Crippen LogP contribution in [-0.4, -0.2) is 12.4 Å². The molecule has 19 heavy (non-hydrogen) atoms. The number of benzene rings is 1. The van der Waals surface area contributed by atoms with E-state index in [1.165, 1.54) is 12.3 Å². The summed E-state index contributed by atoms with van der Waals surface area (Å²) in [4.78, 5) is 3.36. The van der Waals surface area contributed by atoms with E-state index >= 15 is 0 Å². The standard InChI is InChI=1S/C13H11F3N2O/c14-13(15,16)12-8-11(2-1-7-18-12)19-10-5-3-9(17)4-6-10/h2-8H,1,17H2. The van der Waals surface area contributed by atoms with Crippen LogP contribution in [0.5, 0.6) is 5.75 Å². The second kappa shape index (κ2) is 5.17. The van der Waals surface area contributed by atoms with Gasteiger partial charge in [-0.3, -0.25) is 4.99 Å². The van der Waals surface area contributed by atoms with E-state index in [9.17, 15) is 13.2 Å². The molecule has 2 N–H and O–H groups in total. The molecule has 1 aromatic carbocycles. The average Bonchev–Trinajstić information content (AvgIpc) is 2.57. The predicted molar refractivity (Wildman–Crippen MR) is 66.8 cm³/mol. The average molecular weight is 268 g/mol. The third-order valence-corrected chi connectivity index (χ3v) is 2.34. The molecule has 0 saturated heterocycles. The molecule has 3 nitrogen and oxygen atoms in total. The molecule has 1 aliphatic heterocycles. The number of halogens is 3. The van der Waals surface area contributed by atoms with Crippen molar-refractivity contribution in [3.05, 3.63) is 47.9 Å². The lowest BCUT2D eigenvalue weighted by Crippen LogP contribution is -2.10. The molecule has 2 rings (SSSR count). The zero-order valence-corrected chi connectivity index (χ0v) is 9.82. The molecule has 1 heterocycles. The maximum absolute atomic E-state index is 12.6. The van der Waals surface area contributed by atoms with Gasteiger partial charge in [0.2, 0.25) is 0 Å². The number of anilines is 1. The molecule has 0 spiro atoms. The van der Waals surface area contributed by atoms with Crippen LogP contribution in [0.4, 0.5) is 18.9 Å². The molecule has 0 amide bonds. The number of aliphatic imine (C=N–C) groups is 1. The predicted octanol–water partition coefficient (Wildman–Crippen LogP) is 3.45. The maximum atomic E-state index is 12.6. The van der Waals surface area contributed by atoms with Crippen molar-refractivity contribution >= 4 is 11.9 Å². The highest BCUT2D eigenvalue weighted by atomic mass is 19.4. The number of nitrogen functional groups attached to an aromatic ring is 1. The Labute approximate surface area is 107 Å². The van der Waals surface area contributed by atoms with Gasteiger partial charge < -0.3 is 10.5 Å². The molecular weight excluding hydrogens is 257 g/mol. The molecule has 1 aliphatic rings. The molecule has 0 atom stereocenters. The van der Waals surface area contributed by atoms with E-state index in [4.69, 9.17) is 10.5 Å². The minimum atomic E-state index is -4.50. The number of hydrogen-bond donors (Lipinski definition) is 1. The largest absolute Gasteiger partial charge is 0.458 e. The van der Waals surface area contributed by atoms with Crippen molar-refractivity contribution in [3.8, 4) is 5.75 Å². The van der Waals surface area contributed by atoms with Crippen molar-refractivity contribution in [2.75, 3.05) is 5.73 Å². The summed E-state index contributed by atoms with van der Waals surface area (Å²) < 4.78 is 43.2. The highest BCUT2D eigenvalue weighted by Crippen LogP contribution is 2.29. The fourth-order valence-corrected chi connectivity index (χ4v) is 1.45. The summed E-state index contributed by atoms with van der Waals surface area (Å²) in [6.07, 6.45) is -0.623. The van der Waals surface area contributed by atoms with Crippen LogP contribution < -0.4 is 10.5 Å². The first kappa shape index (κ1) is 13.2. The zero-order chi connectivity index (χ0) is 13.9. The van der Waals surface area contributed by atoms with Gasteiger partial charge in [-0.1, -0.05) is 0 Å². The SMILES string of the molecule is Nc1ccc(OC2=CCC=NC(C(F)(F)F)=C2)cc1. The Bertz CT molecular complexity index is 542. The molecule has 6 heteroatoms. The first-order valence-corrected chi connectivity index (χ1v) is 5.50. The second-order valence-electron chi connectivity index (χ2n) is 3.85. The molecule has 0 saturated carbocycles. The van der Waals surface area contributed by atoms with Crippen molar-refractivity contribution in [1.82, 2.24) is 0 Å². The van der Waals surface area contributed by atoms with Crippen LogP contribution in [0.2, 0.25) is 0 Å². The molecule has 0 aromatic heterocycles. The van der Waals surface area contributed by atoms with Crippen molar-refractivity contribution in [1.29, 1.82) is 0 Å². The summed E-state index contributed by atoms with van der Waals surface area (Å²) in [5, 5.41) is 0. The highest BCUT2D eigenvalue weighted by Gasteiger charge is 2.34. The van der Waals surface area contributed by atoms with Crippen LogP contribution in [0, 0.1) is 0 Å². The highest BCUT2D eigenvalue weighted by molar-refractivity contribution is 5.63. The fourth-order valence-electron chi connectivity index (χ4n) is 1.45. The molecule has 100 valence electrons. The first-order chi connectivity index (χ1) is 8.95. The van der Waals surface area contributed by atoms with Crippen LogP contribution >= 0.6 is 0 Å². The van der Waals surface area contributed by atoms with Crippen LogP contribution in [0.1, 0.15) is 6.42 Å². The van der Waals surface area contributed by atoms with Gasteiger partial charge in [-0.2, -0.15) is 13.2 Å². The molecule has 1 aromatic rings. The van der Waals surface area contributed by atoms with E-state index in [-0.39, 0.29) is 12.2 Å². The van der Waals surface area contributed by atoms with E-state index in [2.05, 4.69) is 4.99 Å². The van der Waals surface area contributed by atoms with Crippen molar-refractivity contribution in [2.45, 2.75) is 12.6 Å². The Hall–Kier alpha value is -2.24. The van der Waals surface area contributed by atoms with Gasteiger partial charge in [0.05, 0.1) is 0 Å². The Balaban J connectivity index is 2.20. The number of ether oxygens (including phenoxy) is 1. The number of nitrogens with zero attached hydrogens (tertiary/aromatic N) is 1. The van der Waals surface area contributed by atoms with Gasteiger partial charge in [-0.15, -0.1) is 0 Å². The topological polar surface area (TPSA) is 47.6 Å². The van der Waals surface area contributed by atoms with E-state index in [0.29, 0.717) is 11.4 Å². The van der Waals surface area contributed by atoms with Gasteiger partial charge in [-0.05, 0) is 30.3 Å². The normalized spacial score (nSPS) is 15.5. The van der Waals surface area contributed by atoms with Crippen LogP contribution in [0.25, 0.3) is 0 Å². The van der Waals surface area contributed by atoms with E-state index < -0.39 is 11.9 Å². The van der Waals surface area contributed by atoms with Crippen molar-refractivity contribution in [2.24, 2.45) is 4.99 Å². The van der Waals surface area contributed by atoms with Gasteiger partial charge in [0.1, 0.15) is 17.2 Å². The van der Waals surface area contributed by atoms with Crippen molar-refractivity contribution < 1.29 is 17.9 Å². The monoisotopic (exact) mass is 268 g/mol. The van der Waals surface area contributed by atoms with Crippen molar-refractivity contribution in [3.63, 3.8) is 0 Å². The number of rotatable bonds is 2. The van der Waals surface area contributed by atoms with E-state index in [1.807, 2.05) is 0 Å². The fraction of sp³-hybridized carbons (Fsp3) is 0.154. The number of hydrogen-bond acceptors (Lipinski definition) is 3. The summed E-state index contributed by atoms with van der Waals surface area (Å²) in [6, 6.07) is 6.39. The summed E-state index contributed by atoms with van der Waals surface area (Å²) in [6.45, 7) is 0. The molecule has 0 aliphatic carbocycles. The quantitative estimate of drug-likeness (QED) is 0.835. The van der Waals surface area contributed by atoms with Gasteiger partial charge in [0.25, 0.3) is 0 Å². The summed E-state index contributed by atoms with van der Waals surface area (Å²) in [5.74, 6) is 0.523. The second-order valence-corrected chi connectivity index (χ2v) is 3.85. The lowest BCUT2D eigenvalue weighted by molar-refractivity contribution is -0.0924. The van der Waals surface area contributed by atoms with Gasteiger partial charge in [0, 0.05) is 24.4 Å². The third kappa shape index (κ3) is 3.61. The van der Waals surface area contributed by atoms with Gasteiger partial charge in [0.15, 0.2) is 0 Å². The minimum absolute atomic E-state index is 0.106. The Kier molecular flexibility index (Phi) is 3.59. The lowest BCUT2D eigenvalue weighted by atomic mass is 10.3. The van der Waals surface area contributed by atoms with E-state index in [0.717, 1.165) is 6.08 Å². The smallest absolute Gasteiger partial charge is 0.433 e. The molecule has 0 unspecified atom stereocenters.